The van der Waals surface area contributed by atoms with Crippen molar-refractivity contribution >= 4 is 17.6 Å². The molecule has 0 radical (unpaired) electrons. The molecule has 27 heavy (non-hydrogen) atoms. The number of anilines is 1. The van der Waals surface area contributed by atoms with Gasteiger partial charge in [0.15, 0.2) is 11.5 Å². The van der Waals surface area contributed by atoms with Crippen molar-refractivity contribution in [3.8, 4) is 11.5 Å². The predicted molar refractivity (Wildman–Crippen MR) is 101 cm³/mol. The lowest BCUT2D eigenvalue weighted by Crippen LogP contribution is -2.36. The molecule has 7 nitrogen and oxygen atoms in total. The number of hydrogen-bond acceptors (Lipinski definition) is 5. The lowest BCUT2D eigenvalue weighted by Gasteiger charge is -2.13. The molecule has 2 aliphatic rings. The third kappa shape index (κ3) is 4.38. The van der Waals surface area contributed by atoms with Crippen LogP contribution in [0.25, 0.3) is 0 Å². The molecule has 0 aliphatic carbocycles. The predicted octanol–water partition coefficient (Wildman–Crippen LogP) is 2.79. The van der Waals surface area contributed by atoms with E-state index < -0.39 is 0 Å². The molecule has 4 rings (SSSR count). The van der Waals surface area contributed by atoms with Gasteiger partial charge in [-0.2, -0.15) is 0 Å². The first-order valence-corrected chi connectivity index (χ1v) is 8.97. The Kier molecular flexibility index (Phi) is 5.20. The van der Waals surface area contributed by atoms with Gasteiger partial charge in [-0.1, -0.05) is 18.2 Å². The van der Waals surface area contributed by atoms with Gasteiger partial charge in [-0.05, 0) is 43.2 Å². The fraction of sp³-hybridized carbons (Fsp3) is 0.300. The molecule has 2 aromatic carbocycles. The molecule has 0 spiro atoms. The highest BCUT2D eigenvalue weighted by Gasteiger charge is 2.18. The molecule has 0 aromatic heterocycles. The van der Waals surface area contributed by atoms with E-state index in [1.165, 1.54) is 0 Å². The van der Waals surface area contributed by atoms with Gasteiger partial charge in [0.25, 0.3) is 5.91 Å². The Bertz CT molecular complexity index is 832. The number of carbonyl (C=O) groups excluding carboxylic acids is 1. The highest BCUT2D eigenvalue weighted by molar-refractivity contribution is 6.10. The van der Waals surface area contributed by atoms with Gasteiger partial charge in [0, 0.05) is 17.9 Å². The Balaban J connectivity index is 1.48. The minimum Gasteiger partial charge on any atom is -0.454 e. The first kappa shape index (κ1) is 17.4. The smallest absolute Gasteiger partial charge is 0.258 e. The van der Waals surface area contributed by atoms with E-state index in [0.717, 1.165) is 25.1 Å². The molecule has 1 saturated heterocycles. The third-order valence-corrected chi connectivity index (χ3v) is 4.38. The van der Waals surface area contributed by atoms with Gasteiger partial charge in [0.1, 0.15) is 0 Å². The lowest BCUT2D eigenvalue weighted by molar-refractivity contribution is 0.0975. The second kappa shape index (κ2) is 8.09. The minimum absolute atomic E-state index is 0.0972. The number of carbonyl (C=O) groups is 1. The van der Waals surface area contributed by atoms with Crippen LogP contribution in [0.1, 0.15) is 23.2 Å². The van der Waals surface area contributed by atoms with Crippen LogP contribution in [0.2, 0.25) is 0 Å². The maximum absolute atomic E-state index is 12.7. The van der Waals surface area contributed by atoms with Crippen molar-refractivity contribution in [2.45, 2.75) is 18.9 Å². The van der Waals surface area contributed by atoms with Crippen molar-refractivity contribution in [3.63, 3.8) is 0 Å². The summed E-state index contributed by atoms with van der Waals surface area (Å²) in [6.45, 7) is 1.44. The Morgan fingerprint density at radius 1 is 1.11 bits per heavy atom. The molecule has 2 heterocycles. The number of amides is 1. The summed E-state index contributed by atoms with van der Waals surface area (Å²) in [5, 5.41) is 6.01. The molecule has 0 unspecified atom stereocenters. The number of hydrogen-bond donors (Lipinski definition) is 2. The van der Waals surface area contributed by atoms with Crippen LogP contribution in [-0.2, 0) is 4.74 Å². The fourth-order valence-electron chi connectivity index (χ4n) is 2.97. The molecule has 0 bridgehead atoms. The number of rotatable bonds is 4. The number of ether oxygens (including phenoxy) is 3. The van der Waals surface area contributed by atoms with Crippen LogP contribution in [0.5, 0.6) is 11.5 Å². The second-order valence-corrected chi connectivity index (χ2v) is 6.34. The summed E-state index contributed by atoms with van der Waals surface area (Å²) in [6.07, 6.45) is 2.13. The van der Waals surface area contributed by atoms with E-state index in [2.05, 4.69) is 15.6 Å². The molecule has 2 aliphatic heterocycles. The van der Waals surface area contributed by atoms with E-state index in [4.69, 9.17) is 14.2 Å². The van der Waals surface area contributed by atoms with Crippen LogP contribution >= 0.6 is 0 Å². The number of fused-ring (bicyclic) bond motifs is 1. The van der Waals surface area contributed by atoms with Crippen LogP contribution in [0.15, 0.2) is 53.5 Å². The monoisotopic (exact) mass is 367 g/mol. The molecule has 1 atom stereocenters. The van der Waals surface area contributed by atoms with Crippen molar-refractivity contribution in [1.29, 1.82) is 0 Å². The van der Waals surface area contributed by atoms with E-state index in [0.29, 0.717) is 29.6 Å². The van der Waals surface area contributed by atoms with Crippen LogP contribution in [0.3, 0.4) is 0 Å². The topological polar surface area (TPSA) is 81.2 Å². The molecule has 2 aromatic rings. The first-order chi connectivity index (χ1) is 13.3. The second-order valence-electron chi connectivity index (χ2n) is 6.34. The molecular weight excluding hydrogens is 346 g/mol. The van der Waals surface area contributed by atoms with Crippen molar-refractivity contribution in [3.05, 3.63) is 54.1 Å². The van der Waals surface area contributed by atoms with Crippen molar-refractivity contribution in [2.24, 2.45) is 4.99 Å². The van der Waals surface area contributed by atoms with Gasteiger partial charge in [0.05, 0.1) is 12.6 Å². The van der Waals surface area contributed by atoms with E-state index in [-0.39, 0.29) is 18.8 Å². The number of aliphatic imine (C=N–C) groups is 1. The average Bonchev–Trinajstić information content (AvgIpc) is 3.38. The van der Waals surface area contributed by atoms with Crippen molar-refractivity contribution < 1.29 is 19.0 Å². The largest absolute Gasteiger partial charge is 0.454 e. The van der Waals surface area contributed by atoms with Gasteiger partial charge < -0.3 is 19.5 Å². The molecule has 140 valence electrons. The van der Waals surface area contributed by atoms with Gasteiger partial charge >= 0.3 is 0 Å². The van der Waals surface area contributed by atoms with Gasteiger partial charge in [-0.25, -0.2) is 4.99 Å². The van der Waals surface area contributed by atoms with E-state index in [1.54, 1.807) is 18.2 Å². The number of nitrogens with one attached hydrogen (secondary N) is 2. The van der Waals surface area contributed by atoms with Crippen LogP contribution in [-0.4, -0.2) is 37.9 Å². The normalized spacial score (nSPS) is 18.4. The highest BCUT2D eigenvalue weighted by atomic mass is 16.7. The van der Waals surface area contributed by atoms with E-state index in [9.17, 15) is 4.79 Å². The summed E-state index contributed by atoms with van der Waals surface area (Å²) in [5.74, 6) is 1.32. The zero-order valence-corrected chi connectivity index (χ0v) is 14.8. The maximum Gasteiger partial charge on any atom is 0.258 e. The average molecular weight is 367 g/mol. The van der Waals surface area contributed by atoms with E-state index >= 15 is 0 Å². The molecular formula is C20H21N3O4. The summed E-state index contributed by atoms with van der Waals surface area (Å²) < 4.78 is 16.2. The van der Waals surface area contributed by atoms with Crippen LogP contribution in [0.4, 0.5) is 5.69 Å². The van der Waals surface area contributed by atoms with Crippen molar-refractivity contribution in [2.75, 3.05) is 25.3 Å². The van der Waals surface area contributed by atoms with Gasteiger partial charge in [-0.15, -0.1) is 0 Å². The lowest BCUT2D eigenvalue weighted by atomic mass is 10.2. The summed E-state index contributed by atoms with van der Waals surface area (Å²) in [7, 11) is 0. The standard InChI is InChI=1S/C20H21N3O4/c24-19(14-8-9-17-18(11-14)27-13-26-17)23-20(21-12-16-7-4-10-25-16)22-15-5-2-1-3-6-15/h1-3,5-6,8-9,11,16H,4,7,10,12-13H2,(H2,21,22,23,24)/t16-/m1/s1. The first-order valence-electron chi connectivity index (χ1n) is 8.97. The minimum atomic E-state index is -0.275. The maximum atomic E-state index is 12.7. The third-order valence-electron chi connectivity index (χ3n) is 4.38. The fourth-order valence-corrected chi connectivity index (χ4v) is 2.97. The van der Waals surface area contributed by atoms with Crippen LogP contribution < -0.4 is 20.1 Å². The molecule has 0 saturated carbocycles. The molecule has 1 fully saturated rings. The molecule has 1 amide bonds. The quantitative estimate of drug-likeness (QED) is 0.642. The summed E-state index contributed by atoms with van der Waals surface area (Å²) in [5.41, 5.74) is 1.31. The molecule has 2 N–H and O–H groups in total. The number of benzene rings is 2. The Morgan fingerprint density at radius 2 is 1.96 bits per heavy atom. The summed E-state index contributed by atoms with van der Waals surface area (Å²) in [4.78, 5) is 17.2. The van der Waals surface area contributed by atoms with Gasteiger partial charge in [0.2, 0.25) is 12.8 Å². The zero-order valence-electron chi connectivity index (χ0n) is 14.8. The number of para-hydroxylation sites is 1. The Labute approximate surface area is 157 Å². The van der Waals surface area contributed by atoms with Crippen LogP contribution in [0, 0.1) is 0 Å². The van der Waals surface area contributed by atoms with Gasteiger partial charge in [-0.3, -0.25) is 10.1 Å². The Hall–Kier alpha value is -3.06. The van der Waals surface area contributed by atoms with Crippen molar-refractivity contribution in [1.82, 2.24) is 5.32 Å². The number of nitrogens with zero attached hydrogens (tertiary/aromatic N) is 1. The highest BCUT2D eigenvalue weighted by Crippen LogP contribution is 2.32. The van der Waals surface area contributed by atoms with E-state index in [1.807, 2.05) is 30.3 Å². The zero-order chi connectivity index (χ0) is 18.5. The molecule has 7 heteroatoms. The Morgan fingerprint density at radius 3 is 2.78 bits per heavy atom. The summed E-state index contributed by atoms with van der Waals surface area (Å²) in [6, 6.07) is 14.7. The number of guanidine groups is 1. The summed E-state index contributed by atoms with van der Waals surface area (Å²) >= 11 is 0. The SMILES string of the molecule is O=C(NC(=NC[C@H]1CCCO1)Nc1ccccc1)c1ccc2c(c1)OCO2.